The predicted octanol–water partition coefficient (Wildman–Crippen LogP) is 4.69. The van der Waals surface area contributed by atoms with Crippen LogP contribution in [0.5, 0.6) is 0 Å². The van der Waals surface area contributed by atoms with Gasteiger partial charge in [0.15, 0.2) is 5.16 Å². The number of halogens is 1. The largest absolute Gasteiger partial charge is 0.312 e. The van der Waals surface area contributed by atoms with Crippen molar-refractivity contribution in [1.29, 1.82) is 0 Å². The maximum absolute atomic E-state index is 12.9. The van der Waals surface area contributed by atoms with E-state index in [4.69, 9.17) is 11.6 Å². The fourth-order valence-corrected chi connectivity index (χ4v) is 4.18. The number of carbonyl (C=O) groups excluding carboxylic acids is 1. The van der Waals surface area contributed by atoms with Gasteiger partial charge >= 0.3 is 0 Å². The van der Waals surface area contributed by atoms with Gasteiger partial charge in [-0.3, -0.25) is 14.2 Å². The fourth-order valence-electron chi connectivity index (χ4n) is 3.13. The van der Waals surface area contributed by atoms with Crippen molar-refractivity contribution in [3.05, 3.63) is 76.1 Å². The van der Waals surface area contributed by atoms with Crippen molar-refractivity contribution in [2.24, 2.45) is 0 Å². The first kappa shape index (κ1) is 21.1. The SMILES string of the molecule is C=CCn1c(SCC(=O)N(CC)c2ccccc2C)nc2cc(Cl)ccc2c1=O. The second-order valence-electron chi connectivity index (χ2n) is 6.47. The standard InChI is InChI=1S/C22H22ClN3O2S/c1-4-12-26-21(28)17-11-10-16(23)13-18(17)24-22(26)29-14-20(27)25(5-2)19-9-7-6-8-15(19)3/h4,6-11,13H,1,5,12,14H2,2-3H3. The number of amides is 1. The number of fused-ring (bicyclic) bond motifs is 1. The monoisotopic (exact) mass is 427 g/mol. The molecule has 0 aliphatic heterocycles. The van der Waals surface area contributed by atoms with Gasteiger partial charge in [-0.2, -0.15) is 0 Å². The van der Waals surface area contributed by atoms with Crippen LogP contribution in [0.1, 0.15) is 12.5 Å². The first-order valence-corrected chi connectivity index (χ1v) is 10.6. The number of nitrogens with zero attached hydrogens (tertiary/aromatic N) is 3. The Bertz CT molecular complexity index is 1130. The normalized spacial score (nSPS) is 10.9. The number of aromatic nitrogens is 2. The van der Waals surface area contributed by atoms with E-state index in [1.807, 2.05) is 38.1 Å². The quantitative estimate of drug-likeness (QED) is 0.312. The van der Waals surface area contributed by atoms with Crippen LogP contribution in [0.3, 0.4) is 0 Å². The van der Waals surface area contributed by atoms with Crippen LogP contribution in [0.15, 0.2) is 65.1 Å². The van der Waals surface area contributed by atoms with Gasteiger partial charge in [0.1, 0.15) is 0 Å². The van der Waals surface area contributed by atoms with E-state index in [0.717, 1.165) is 11.3 Å². The van der Waals surface area contributed by atoms with Gasteiger partial charge in [-0.25, -0.2) is 4.98 Å². The number of para-hydroxylation sites is 1. The minimum atomic E-state index is -0.173. The highest BCUT2D eigenvalue weighted by Gasteiger charge is 2.18. The molecule has 3 aromatic rings. The molecule has 0 aliphatic rings. The summed E-state index contributed by atoms with van der Waals surface area (Å²) in [6, 6.07) is 12.8. The van der Waals surface area contributed by atoms with Crippen molar-refractivity contribution < 1.29 is 4.79 Å². The third-order valence-electron chi connectivity index (χ3n) is 4.54. The van der Waals surface area contributed by atoms with Crippen LogP contribution in [0, 0.1) is 6.92 Å². The van der Waals surface area contributed by atoms with Gasteiger partial charge in [0.2, 0.25) is 5.91 Å². The van der Waals surface area contributed by atoms with Crippen LogP contribution in [0.25, 0.3) is 10.9 Å². The van der Waals surface area contributed by atoms with E-state index in [1.165, 1.54) is 16.3 Å². The Morgan fingerprint density at radius 2 is 2.07 bits per heavy atom. The molecular formula is C22H22ClN3O2S. The molecule has 0 N–H and O–H groups in total. The minimum Gasteiger partial charge on any atom is -0.312 e. The van der Waals surface area contributed by atoms with Crippen LogP contribution >= 0.6 is 23.4 Å². The molecule has 29 heavy (non-hydrogen) atoms. The van der Waals surface area contributed by atoms with Crippen LogP contribution in [-0.2, 0) is 11.3 Å². The highest BCUT2D eigenvalue weighted by Crippen LogP contribution is 2.24. The lowest BCUT2D eigenvalue weighted by Crippen LogP contribution is -2.33. The van der Waals surface area contributed by atoms with Gasteiger partial charge in [-0.15, -0.1) is 6.58 Å². The van der Waals surface area contributed by atoms with Crippen molar-refractivity contribution in [1.82, 2.24) is 9.55 Å². The van der Waals surface area contributed by atoms with E-state index in [0.29, 0.717) is 34.2 Å². The van der Waals surface area contributed by atoms with Crippen LogP contribution in [-0.4, -0.2) is 27.8 Å². The van der Waals surface area contributed by atoms with Gasteiger partial charge in [0.25, 0.3) is 5.56 Å². The van der Waals surface area contributed by atoms with Gasteiger partial charge < -0.3 is 4.90 Å². The number of thioether (sulfide) groups is 1. The molecule has 0 atom stereocenters. The molecule has 5 nitrogen and oxygen atoms in total. The fraction of sp³-hybridized carbons (Fsp3) is 0.227. The Labute approximate surface area is 179 Å². The molecule has 0 saturated heterocycles. The number of benzene rings is 2. The van der Waals surface area contributed by atoms with Crippen LogP contribution in [0.4, 0.5) is 5.69 Å². The zero-order chi connectivity index (χ0) is 21.0. The number of rotatable bonds is 7. The topological polar surface area (TPSA) is 55.2 Å². The summed E-state index contributed by atoms with van der Waals surface area (Å²) in [5.74, 6) is 0.120. The molecule has 1 amide bonds. The second kappa shape index (κ2) is 9.29. The second-order valence-corrected chi connectivity index (χ2v) is 7.85. The molecule has 1 heterocycles. The Kier molecular flexibility index (Phi) is 6.77. The Morgan fingerprint density at radius 1 is 1.31 bits per heavy atom. The van der Waals surface area contributed by atoms with E-state index in [2.05, 4.69) is 11.6 Å². The lowest BCUT2D eigenvalue weighted by Gasteiger charge is -2.23. The summed E-state index contributed by atoms with van der Waals surface area (Å²) in [4.78, 5) is 32.1. The third kappa shape index (κ3) is 4.54. The van der Waals surface area contributed by atoms with Crippen molar-refractivity contribution in [3.63, 3.8) is 0 Å². The number of allylic oxidation sites excluding steroid dienone is 1. The highest BCUT2D eigenvalue weighted by atomic mass is 35.5. The average Bonchev–Trinajstić information content (AvgIpc) is 2.70. The van der Waals surface area contributed by atoms with Crippen molar-refractivity contribution in [2.45, 2.75) is 25.5 Å². The lowest BCUT2D eigenvalue weighted by molar-refractivity contribution is -0.116. The summed E-state index contributed by atoms with van der Waals surface area (Å²) in [5.41, 5.74) is 2.27. The van der Waals surface area contributed by atoms with E-state index < -0.39 is 0 Å². The molecule has 0 fully saturated rings. The van der Waals surface area contributed by atoms with Crippen LogP contribution < -0.4 is 10.5 Å². The Morgan fingerprint density at radius 3 is 2.76 bits per heavy atom. The van der Waals surface area contributed by atoms with Gasteiger partial charge in [0, 0.05) is 23.8 Å². The maximum atomic E-state index is 12.9. The summed E-state index contributed by atoms with van der Waals surface area (Å²) in [6.07, 6.45) is 1.64. The van der Waals surface area contributed by atoms with E-state index in [1.54, 1.807) is 29.2 Å². The number of anilines is 1. The molecular weight excluding hydrogens is 406 g/mol. The molecule has 0 unspecified atom stereocenters. The maximum Gasteiger partial charge on any atom is 0.262 e. The molecule has 1 aromatic heterocycles. The third-order valence-corrected chi connectivity index (χ3v) is 5.74. The summed E-state index contributed by atoms with van der Waals surface area (Å²) in [6.45, 7) is 8.53. The molecule has 0 aliphatic carbocycles. The molecule has 7 heteroatoms. The number of aryl methyl sites for hydroxylation is 1. The molecule has 0 bridgehead atoms. The number of hydrogen-bond donors (Lipinski definition) is 0. The molecule has 0 spiro atoms. The lowest BCUT2D eigenvalue weighted by atomic mass is 10.2. The minimum absolute atomic E-state index is 0.0441. The first-order chi connectivity index (χ1) is 14.0. The molecule has 0 saturated carbocycles. The zero-order valence-corrected chi connectivity index (χ0v) is 18.0. The average molecular weight is 428 g/mol. The van der Waals surface area contributed by atoms with Crippen molar-refractivity contribution >= 4 is 45.9 Å². The van der Waals surface area contributed by atoms with Crippen LogP contribution in [0.2, 0.25) is 5.02 Å². The number of hydrogen-bond acceptors (Lipinski definition) is 4. The Balaban J connectivity index is 1.92. The molecule has 2 aromatic carbocycles. The summed E-state index contributed by atoms with van der Waals surface area (Å²) < 4.78 is 1.53. The zero-order valence-electron chi connectivity index (χ0n) is 16.4. The molecule has 3 rings (SSSR count). The smallest absolute Gasteiger partial charge is 0.262 e. The van der Waals surface area contributed by atoms with E-state index in [-0.39, 0.29) is 17.2 Å². The summed E-state index contributed by atoms with van der Waals surface area (Å²) in [7, 11) is 0. The summed E-state index contributed by atoms with van der Waals surface area (Å²) >= 11 is 7.31. The van der Waals surface area contributed by atoms with Crippen molar-refractivity contribution in [3.8, 4) is 0 Å². The summed E-state index contributed by atoms with van der Waals surface area (Å²) in [5, 5.41) is 1.47. The number of carbonyl (C=O) groups is 1. The highest BCUT2D eigenvalue weighted by molar-refractivity contribution is 7.99. The van der Waals surface area contributed by atoms with Crippen molar-refractivity contribution in [2.75, 3.05) is 17.2 Å². The van der Waals surface area contributed by atoms with Gasteiger partial charge in [0.05, 0.1) is 16.7 Å². The van der Waals surface area contributed by atoms with Gasteiger partial charge in [-0.1, -0.05) is 47.6 Å². The van der Waals surface area contributed by atoms with Gasteiger partial charge in [-0.05, 0) is 43.7 Å². The molecule has 150 valence electrons. The first-order valence-electron chi connectivity index (χ1n) is 9.26. The van der Waals surface area contributed by atoms with E-state index in [9.17, 15) is 9.59 Å². The molecule has 0 radical (unpaired) electrons. The predicted molar refractivity (Wildman–Crippen MR) is 121 cm³/mol. The van der Waals surface area contributed by atoms with E-state index >= 15 is 0 Å². The Hall–Kier alpha value is -2.57.